The summed E-state index contributed by atoms with van der Waals surface area (Å²) in [5, 5.41) is 11.7. The molecule has 0 amide bonds. The number of fused-ring (bicyclic) bond motifs is 1. The lowest BCUT2D eigenvalue weighted by Crippen LogP contribution is -2.00. The molecule has 190 valence electrons. The molecule has 1 aliphatic carbocycles. The van der Waals surface area contributed by atoms with Crippen molar-refractivity contribution in [3.63, 3.8) is 0 Å². The van der Waals surface area contributed by atoms with Crippen molar-refractivity contribution >= 4 is 40.6 Å². The molecule has 0 aromatic heterocycles. The zero-order chi connectivity index (χ0) is 27.9. The number of hydrogen-bond donors (Lipinski definition) is 0. The highest BCUT2D eigenvalue weighted by atomic mass is 14.3. The van der Waals surface area contributed by atoms with Crippen molar-refractivity contribution in [2.75, 3.05) is 0 Å². The van der Waals surface area contributed by atoms with Crippen LogP contribution in [0, 0.1) is 11.3 Å². The first kappa shape index (κ1) is 27.1. The molecule has 4 aromatic carbocycles. The minimum atomic E-state index is 0.625. The molecule has 0 N–H and O–H groups in total. The van der Waals surface area contributed by atoms with Gasteiger partial charge in [-0.3, -0.25) is 0 Å². The van der Waals surface area contributed by atoms with Crippen LogP contribution in [0.1, 0.15) is 48.1 Å². The number of rotatable bonds is 7. The molecular formula is C38H33N. The van der Waals surface area contributed by atoms with E-state index in [1.54, 1.807) is 0 Å². The molecule has 0 saturated carbocycles. The van der Waals surface area contributed by atoms with Gasteiger partial charge in [-0.05, 0) is 72.5 Å². The van der Waals surface area contributed by atoms with Gasteiger partial charge in [0.1, 0.15) is 0 Å². The molecule has 0 aliphatic heterocycles. The van der Waals surface area contributed by atoms with Crippen molar-refractivity contribution in [1.29, 1.82) is 5.26 Å². The Labute approximate surface area is 232 Å². The smallest absolute Gasteiger partial charge is 0.0950 e. The summed E-state index contributed by atoms with van der Waals surface area (Å²) in [6.07, 6.45) is 12.2. The van der Waals surface area contributed by atoms with Gasteiger partial charge < -0.3 is 0 Å². The average molecular weight is 504 g/mol. The van der Waals surface area contributed by atoms with Gasteiger partial charge in [0.15, 0.2) is 0 Å². The number of nitrogens with zero attached hydrogens (tertiary/aromatic N) is 1. The Kier molecular flexibility index (Phi) is 8.40. The van der Waals surface area contributed by atoms with Crippen molar-refractivity contribution in [1.82, 2.24) is 0 Å². The quantitative estimate of drug-likeness (QED) is 0.246. The Morgan fingerprint density at radius 2 is 1.13 bits per heavy atom. The summed E-state index contributed by atoms with van der Waals surface area (Å²) in [6.45, 7) is 20.8. The van der Waals surface area contributed by atoms with Gasteiger partial charge in [0.2, 0.25) is 0 Å². The molecule has 39 heavy (non-hydrogen) atoms. The van der Waals surface area contributed by atoms with Crippen LogP contribution < -0.4 is 0 Å². The van der Waals surface area contributed by atoms with E-state index in [0.717, 1.165) is 72.0 Å². The summed E-state index contributed by atoms with van der Waals surface area (Å²) >= 11 is 0. The van der Waals surface area contributed by atoms with Crippen LogP contribution in [0.5, 0.6) is 0 Å². The number of hydrogen-bond acceptors (Lipinski definition) is 1. The normalized spacial score (nSPS) is 11.9. The standard InChI is InChI=1S/C36H27N.C2H6/c1-5-27-28(6-2)34(21-20-31(27)26-19-18-24(22-26)23-37)36-30(8-4)29(7-3)35(25-14-10-9-11-15-25)32-16-12-13-17-33(32)36;1-2/h5-21H,1-4,22H2;1-2H3. The largest absolute Gasteiger partial charge is 0.193 e. The van der Waals surface area contributed by atoms with Crippen LogP contribution in [0.3, 0.4) is 0 Å². The fourth-order valence-corrected chi connectivity index (χ4v) is 5.47. The lowest BCUT2D eigenvalue weighted by molar-refractivity contribution is 1.32. The molecule has 4 aromatic rings. The second-order valence-electron chi connectivity index (χ2n) is 8.97. The molecule has 0 heterocycles. The third-order valence-electron chi connectivity index (χ3n) is 7.09. The summed E-state index contributed by atoms with van der Waals surface area (Å²) < 4.78 is 0. The van der Waals surface area contributed by atoms with Gasteiger partial charge in [0.05, 0.1) is 6.07 Å². The highest BCUT2D eigenvalue weighted by Gasteiger charge is 2.22. The molecule has 1 aliphatic rings. The highest BCUT2D eigenvalue weighted by Crippen LogP contribution is 2.45. The van der Waals surface area contributed by atoms with E-state index >= 15 is 0 Å². The summed E-state index contributed by atoms with van der Waals surface area (Å²) in [5.41, 5.74) is 11.5. The Hall–Kier alpha value is -4.93. The van der Waals surface area contributed by atoms with Gasteiger partial charge in [-0.1, -0.05) is 137 Å². The zero-order valence-electron chi connectivity index (χ0n) is 22.8. The van der Waals surface area contributed by atoms with Crippen LogP contribution in [0.25, 0.3) is 62.9 Å². The number of nitriles is 1. The first-order chi connectivity index (χ1) is 19.2. The minimum absolute atomic E-state index is 0.625. The molecule has 0 atom stereocenters. The van der Waals surface area contributed by atoms with Crippen LogP contribution in [0.2, 0.25) is 0 Å². The number of benzene rings is 4. The van der Waals surface area contributed by atoms with Crippen molar-refractivity contribution in [2.45, 2.75) is 20.3 Å². The van der Waals surface area contributed by atoms with Gasteiger partial charge in [-0.15, -0.1) is 0 Å². The molecule has 0 fully saturated rings. The average Bonchev–Trinajstić information content (AvgIpc) is 3.49. The van der Waals surface area contributed by atoms with E-state index in [9.17, 15) is 5.26 Å². The fraction of sp³-hybridized carbons (Fsp3) is 0.0789. The second kappa shape index (κ2) is 12.1. The molecule has 0 radical (unpaired) electrons. The molecule has 1 nitrogen and oxygen atoms in total. The Morgan fingerprint density at radius 1 is 0.615 bits per heavy atom. The van der Waals surface area contributed by atoms with E-state index in [1.165, 1.54) is 0 Å². The Balaban J connectivity index is 0.00000172. The predicted molar refractivity (Wildman–Crippen MR) is 173 cm³/mol. The molecule has 1 heteroatoms. The minimum Gasteiger partial charge on any atom is -0.193 e. The third kappa shape index (κ3) is 4.74. The summed E-state index contributed by atoms with van der Waals surface area (Å²) in [7, 11) is 0. The maximum absolute atomic E-state index is 9.36. The Morgan fingerprint density at radius 3 is 1.69 bits per heavy atom. The van der Waals surface area contributed by atoms with Crippen LogP contribution in [-0.4, -0.2) is 0 Å². The highest BCUT2D eigenvalue weighted by molar-refractivity contribution is 6.12. The Bertz CT molecular complexity index is 1700. The van der Waals surface area contributed by atoms with Crippen LogP contribution in [0.4, 0.5) is 0 Å². The number of allylic oxidation sites excluding steroid dienone is 4. The first-order valence-electron chi connectivity index (χ1n) is 13.3. The molecule has 0 unspecified atom stereocenters. The molecule has 0 spiro atoms. The van der Waals surface area contributed by atoms with Gasteiger partial charge in [0, 0.05) is 12.0 Å². The van der Waals surface area contributed by atoms with E-state index in [4.69, 9.17) is 0 Å². The topological polar surface area (TPSA) is 23.8 Å². The van der Waals surface area contributed by atoms with E-state index in [2.05, 4.69) is 93.0 Å². The monoisotopic (exact) mass is 503 g/mol. The van der Waals surface area contributed by atoms with E-state index in [0.29, 0.717) is 6.42 Å². The third-order valence-corrected chi connectivity index (χ3v) is 7.09. The predicted octanol–water partition coefficient (Wildman–Crippen LogP) is 11.0. The molecular weight excluding hydrogens is 470 g/mol. The summed E-state index contributed by atoms with van der Waals surface area (Å²) in [4.78, 5) is 0. The van der Waals surface area contributed by atoms with Crippen molar-refractivity contribution < 1.29 is 0 Å². The fourth-order valence-electron chi connectivity index (χ4n) is 5.47. The maximum Gasteiger partial charge on any atom is 0.0950 e. The lowest BCUT2D eigenvalue weighted by atomic mass is 9.80. The van der Waals surface area contributed by atoms with E-state index in [1.807, 2.05) is 56.4 Å². The first-order valence-corrected chi connectivity index (χ1v) is 13.3. The van der Waals surface area contributed by atoms with Gasteiger partial charge in [-0.25, -0.2) is 0 Å². The second-order valence-corrected chi connectivity index (χ2v) is 8.97. The van der Waals surface area contributed by atoms with Crippen molar-refractivity contribution in [2.24, 2.45) is 0 Å². The van der Waals surface area contributed by atoms with Gasteiger partial charge in [-0.2, -0.15) is 5.26 Å². The van der Waals surface area contributed by atoms with Crippen LogP contribution in [0.15, 0.2) is 111 Å². The van der Waals surface area contributed by atoms with Gasteiger partial charge in [0.25, 0.3) is 0 Å². The lowest BCUT2D eigenvalue weighted by Gasteiger charge is -2.23. The van der Waals surface area contributed by atoms with Crippen LogP contribution >= 0.6 is 0 Å². The van der Waals surface area contributed by atoms with Crippen molar-refractivity contribution in [3.05, 3.63) is 139 Å². The van der Waals surface area contributed by atoms with Crippen LogP contribution in [-0.2, 0) is 0 Å². The molecule has 0 saturated heterocycles. The SMILES string of the molecule is C=Cc1c(C2=CC=C(C#N)C2)ccc(-c2c(C=C)c(C=C)c(-c3ccccc3)c3ccccc23)c1C=C.CC. The van der Waals surface area contributed by atoms with Crippen molar-refractivity contribution in [3.8, 4) is 28.3 Å². The molecule has 0 bridgehead atoms. The van der Waals surface area contributed by atoms with Gasteiger partial charge >= 0.3 is 0 Å². The van der Waals surface area contributed by atoms with E-state index in [-0.39, 0.29) is 0 Å². The maximum atomic E-state index is 9.36. The summed E-state index contributed by atoms with van der Waals surface area (Å²) in [5.74, 6) is 0. The summed E-state index contributed by atoms with van der Waals surface area (Å²) in [6, 6.07) is 25.5. The molecule has 5 rings (SSSR count). The zero-order valence-corrected chi connectivity index (χ0v) is 22.8. The van der Waals surface area contributed by atoms with E-state index < -0.39 is 0 Å².